The fourth-order valence-corrected chi connectivity index (χ4v) is 3.46. The van der Waals surface area contributed by atoms with Crippen molar-refractivity contribution in [3.05, 3.63) is 71.6 Å². The minimum atomic E-state index is -1.05. The molecule has 2 heterocycles. The molecule has 162 valence electrons. The fraction of sp³-hybridized carbons (Fsp3) is 0.227. The predicted octanol–water partition coefficient (Wildman–Crippen LogP) is 2.53. The number of nitrogens with zero attached hydrogens (tertiary/aromatic N) is 2. The topological polar surface area (TPSA) is 116 Å². The number of carbonyl (C=O) groups is 2. The van der Waals surface area contributed by atoms with E-state index >= 15 is 0 Å². The van der Waals surface area contributed by atoms with Gasteiger partial charge in [0.2, 0.25) is 5.91 Å². The summed E-state index contributed by atoms with van der Waals surface area (Å²) in [5.74, 6) is 0.744. The van der Waals surface area contributed by atoms with E-state index < -0.39 is 16.7 Å². The highest BCUT2D eigenvalue weighted by atomic mass is 32.2. The van der Waals surface area contributed by atoms with Crippen LogP contribution in [0.5, 0.6) is 5.75 Å². The Hall–Kier alpha value is -3.46. The summed E-state index contributed by atoms with van der Waals surface area (Å²) in [7, 11) is 0.654. The molecule has 2 aromatic carbocycles. The van der Waals surface area contributed by atoms with Crippen LogP contribution in [0, 0.1) is 0 Å². The minimum absolute atomic E-state index is 0.0118. The van der Waals surface area contributed by atoms with Gasteiger partial charge in [-0.15, -0.1) is 0 Å². The van der Waals surface area contributed by atoms with Crippen LogP contribution in [-0.4, -0.2) is 41.1 Å². The van der Waals surface area contributed by atoms with Gasteiger partial charge in [0, 0.05) is 41.5 Å². The van der Waals surface area contributed by atoms with Gasteiger partial charge in [-0.05, 0) is 23.8 Å². The molecular weight excluding hydrogens is 418 g/mol. The number of hydrogen-bond acceptors (Lipinski definition) is 6. The van der Waals surface area contributed by atoms with Crippen molar-refractivity contribution in [3.8, 4) is 5.75 Å². The summed E-state index contributed by atoms with van der Waals surface area (Å²) in [5, 5.41) is 3.56. The third-order valence-corrected chi connectivity index (χ3v) is 5.52. The lowest BCUT2D eigenvalue weighted by Gasteiger charge is -2.16. The van der Waals surface area contributed by atoms with E-state index in [0.717, 1.165) is 5.56 Å². The Morgan fingerprint density at radius 1 is 1.19 bits per heavy atom. The molecule has 1 aliphatic rings. The van der Waals surface area contributed by atoms with E-state index in [1.165, 1.54) is 0 Å². The van der Waals surface area contributed by atoms with Gasteiger partial charge in [0.1, 0.15) is 11.5 Å². The molecule has 9 heteroatoms. The van der Waals surface area contributed by atoms with Gasteiger partial charge >= 0.3 is 0 Å². The molecule has 0 aliphatic carbocycles. The van der Waals surface area contributed by atoms with Gasteiger partial charge in [0.25, 0.3) is 5.91 Å². The average molecular weight is 442 g/mol. The first-order chi connectivity index (χ1) is 14.8. The first kappa shape index (κ1) is 22.2. The SMILES string of the molecule is CN1C(=O)CCOc2ccc(S(C)=O)cc21.NC(=O)c1cc(Cc2ccccc2)on1. The zero-order valence-electron chi connectivity index (χ0n) is 17.2. The zero-order chi connectivity index (χ0) is 22.4. The highest BCUT2D eigenvalue weighted by molar-refractivity contribution is 7.84. The van der Waals surface area contributed by atoms with Crippen LogP contribution in [0.25, 0.3) is 0 Å². The van der Waals surface area contributed by atoms with Crippen LogP contribution >= 0.6 is 0 Å². The molecule has 0 saturated heterocycles. The number of fused-ring (bicyclic) bond motifs is 1. The van der Waals surface area contributed by atoms with E-state index in [-0.39, 0.29) is 11.6 Å². The Kier molecular flexibility index (Phi) is 7.19. The highest BCUT2D eigenvalue weighted by Crippen LogP contribution is 2.32. The molecule has 31 heavy (non-hydrogen) atoms. The van der Waals surface area contributed by atoms with Gasteiger partial charge in [-0.1, -0.05) is 35.5 Å². The molecule has 1 aliphatic heterocycles. The molecule has 1 atom stereocenters. The number of ether oxygens (including phenoxy) is 1. The summed E-state index contributed by atoms with van der Waals surface area (Å²) < 4.78 is 21.8. The van der Waals surface area contributed by atoms with Crippen LogP contribution in [0.2, 0.25) is 0 Å². The second-order valence-electron chi connectivity index (χ2n) is 6.84. The highest BCUT2D eigenvalue weighted by Gasteiger charge is 2.20. The van der Waals surface area contributed by atoms with Gasteiger partial charge in [-0.25, -0.2) is 0 Å². The Balaban J connectivity index is 0.000000176. The van der Waals surface area contributed by atoms with Crippen molar-refractivity contribution in [1.29, 1.82) is 0 Å². The van der Waals surface area contributed by atoms with Crippen LogP contribution in [-0.2, 0) is 22.0 Å². The molecule has 1 aromatic heterocycles. The number of aromatic nitrogens is 1. The van der Waals surface area contributed by atoms with E-state index in [1.807, 2.05) is 30.3 Å². The number of rotatable bonds is 4. The summed E-state index contributed by atoms with van der Waals surface area (Å²) in [5.41, 5.74) is 7.02. The number of anilines is 1. The maximum Gasteiger partial charge on any atom is 0.270 e. The van der Waals surface area contributed by atoms with Gasteiger partial charge < -0.3 is 19.9 Å². The lowest BCUT2D eigenvalue weighted by Crippen LogP contribution is -2.25. The smallest absolute Gasteiger partial charge is 0.270 e. The zero-order valence-corrected chi connectivity index (χ0v) is 18.1. The molecule has 1 unspecified atom stereocenters. The van der Waals surface area contributed by atoms with Crippen molar-refractivity contribution >= 4 is 28.3 Å². The van der Waals surface area contributed by atoms with Gasteiger partial charge in [-0.3, -0.25) is 13.8 Å². The fourth-order valence-electron chi connectivity index (χ4n) is 2.92. The molecule has 0 fully saturated rings. The molecule has 8 nitrogen and oxygen atoms in total. The third-order valence-electron chi connectivity index (χ3n) is 4.60. The summed E-state index contributed by atoms with van der Waals surface area (Å²) in [4.78, 5) is 24.6. The number of nitrogens with two attached hydrogens (primary N) is 1. The first-order valence-corrected chi connectivity index (χ1v) is 11.1. The summed E-state index contributed by atoms with van der Waals surface area (Å²) in [6.07, 6.45) is 2.60. The van der Waals surface area contributed by atoms with E-state index in [9.17, 15) is 13.8 Å². The average Bonchev–Trinajstić information content (AvgIpc) is 3.18. The lowest BCUT2D eigenvalue weighted by atomic mass is 10.1. The molecule has 0 radical (unpaired) electrons. The maximum atomic E-state index is 11.6. The van der Waals surface area contributed by atoms with Crippen LogP contribution in [0.4, 0.5) is 5.69 Å². The number of hydrogen-bond donors (Lipinski definition) is 1. The number of primary amides is 1. The summed E-state index contributed by atoms with van der Waals surface area (Å²) in [6, 6.07) is 16.6. The Morgan fingerprint density at radius 3 is 2.58 bits per heavy atom. The van der Waals surface area contributed by atoms with Crippen LogP contribution in [0.3, 0.4) is 0 Å². The molecule has 4 rings (SSSR count). The number of benzene rings is 2. The molecule has 2 N–H and O–H groups in total. The predicted molar refractivity (Wildman–Crippen MR) is 117 cm³/mol. The van der Waals surface area contributed by atoms with Crippen molar-refractivity contribution in [1.82, 2.24) is 5.16 Å². The van der Waals surface area contributed by atoms with Crippen molar-refractivity contribution in [3.63, 3.8) is 0 Å². The number of amides is 2. The third kappa shape index (κ3) is 5.79. The molecule has 0 bridgehead atoms. The Labute approximate surface area is 182 Å². The van der Waals surface area contributed by atoms with E-state index in [1.54, 1.807) is 42.5 Å². The normalized spacial score (nSPS) is 13.9. The standard InChI is InChI=1S/C11H10N2O2.C11H13NO3S/c12-11(14)10-7-9(15-13-10)6-8-4-2-1-3-5-8;1-12-9-7-8(16(2)14)3-4-10(9)15-6-5-11(12)13/h1-5,7H,6H2,(H2,12,14);3-4,7H,5-6H2,1-2H3. The lowest BCUT2D eigenvalue weighted by molar-refractivity contribution is -0.118. The summed E-state index contributed by atoms with van der Waals surface area (Å²) >= 11 is 0. The first-order valence-electron chi connectivity index (χ1n) is 9.51. The van der Waals surface area contributed by atoms with Crippen LogP contribution in [0.1, 0.15) is 28.2 Å². The summed E-state index contributed by atoms with van der Waals surface area (Å²) in [6.45, 7) is 0.394. The monoisotopic (exact) mass is 441 g/mol. The maximum absolute atomic E-state index is 11.6. The van der Waals surface area contributed by atoms with Crippen molar-refractivity contribution in [2.75, 3.05) is 24.8 Å². The van der Waals surface area contributed by atoms with Crippen LogP contribution < -0.4 is 15.4 Å². The van der Waals surface area contributed by atoms with Crippen LogP contribution in [0.15, 0.2) is 64.0 Å². The molecule has 0 saturated carbocycles. The van der Waals surface area contributed by atoms with Crippen molar-refractivity contribution in [2.24, 2.45) is 5.73 Å². The van der Waals surface area contributed by atoms with Gasteiger partial charge in [0.05, 0.1) is 18.7 Å². The Bertz CT molecular complexity index is 1100. The van der Waals surface area contributed by atoms with E-state index in [0.29, 0.717) is 41.5 Å². The van der Waals surface area contributed by atoms with Crippen molar-refractivity contribution in [2.45, 2.75) is 17.7 Å². The second-order valence-corrected chi connectivity index (χ2v) is 8.22. The van der Waals surface area contributed by atoms with E-state index in [4.69, 9.17) is 15.0 Å². The molecule has 3 aromatic rings. The number of carbonyl (C=O) groups excluding carboxylic acids is 2. The largest absolute Gasteiger partial charge is 0.491 e. The van der Waals surface area contributed by atoms with Crippen molar-refractivity contribution < 1.29 is 23.1 Å². The van der Waals surface area contributed by atoms with Gasteiger partial charge in [-0.2, -0.15) is 0 Å². The molecule has 0 spiro atoms. The quantitative estimate of drug-likeness (QED) is 0.665. The Morgan fingerprint density at radius 2 is 1.94 bits per heavy atom. The molecule has 2 amide bonds. The minimum Gasteiger partial charge on any atom is -0.491 e. The van der Waals surface area contributed by atoms with Gasteiger partial charge in [0.15, 0.2) is 5.69 Å². The van der Waals surface area contributed by atoms with E-state index in [2.05, 4.69) is 5.16 Å². The molecular formula is C22H23N3O5S. The second kappa shape index (κ2) is 10.0.